The molecule has 3 rings (SSSR count). The fourth-order valence-electron chi connectivity index (χ4n) is 3.68. The van der Waals surface area contributed by atoms with Crippen LogP contribution in [-0.4, -0.2) is 29.3 Å². The second-order valence-electron chi connectivity index (χ2n) is 7.50. The Kier molecular flexibility index (Phi) is 5.25. The zero-order valence-corrected chi connectivity index (χ0v) is 16.8. The number of halogens is 1. The van der Waals surface area contributed by atoms with E-state index in [1.807, 2.05) is 13.0 Å². The molecular formula is C23H22FN3O2. The van der Waals surface area contributed by atoms with E-state index in [-0.39, 0.29) is 29.7 Å². The molecule has 6 heteroatoms. The zero-order chi connectivity index (χ0) is 21.3. The highest BCUT2D eigenvalue weighted by molar-refractivity contribution is 6.10. The average Bonchev–Trinajstić information content (AvgIpc) is 2.70. The largest absolute Gasteiger partial charge is 0.326 e. The number of hydrogen-bond acceptors (Lipinski definition) is 3. The van der Waals surface area contributed by atoms with Crippen molar-refractivity contribution in [1.82, 2.24) is 10.2 Å². The number of likely N-dealkylation sites (N-methyl/N-ethyl adjacent to an activating group) is 1. The summed E-state index contributed by atoms with van der Waals surface area (Å²) in [5, 5.41) is 12.2. The summed E-state index contributed by atoms with van der Waals surface area (Å²) in [6.07, 6.45) is 0.251. The van der Waals surface area contributed by atoms with Crippen molar-refractivity contribution in [2.45, 2.75) is 32.7 Å². The van der Waals surface area contributed by atoms with E-state index in [9.17, 15) is 19.2 Å². The van der Waals surface area contributed by atoms with Crippen LogP contribution in [0.4, 0.5) is 4.39 Å². The Morgan fingerprint density at radius 1 is 1.21 bits per heavy atom. The van der Waals surface area contributed by atoms with Gasteiger partial charge in [0, 0.05) is 19.0 Å². The van der Waals surface area contributed by atoms with Crippen molar-refractivity contribution in [3.8, 4) is 6.07 Å². The SMILES string of the molecule is CC(=C1NC(=O)C(C)(Cc2ccc(F)cc2)N(C)C1=O)c1c(C)cccc1C#N. The Bertz CT molecular complexity index is 1070. The highest BCUT2D eigenvalue weighted by atomic mass is 19.1. The summed E-state index contributed by atoms with van der Waals surface area (Å²) in [5.74, 6) is -1.02. The van der Waals surface area contributed by atoms with Crippen LogP contribution in [0.5, 0.6) is 0 Å². The van der Waals surface area contributed by atoms with Gasteiger partial charge >= 0.3 is 0 Å². The van der Waals surface area contributed by atoms with Gasteiger partial charge in [-0.25, -0.2) is 4.39 Å². The molecule has 0 spiro atoms. The summed E-state index contributed by atoms with van der Waals surface area (Å²) in [4.78, 5) is 27.6. The van der Waals surface area contributed by atoms with Crippen LogP contribution in [0.1, 0.15) is 36.1 Å². The number of aryl methyl sites for hydroxylation is 1. The summed E-state index contributed by atoms with van der Waals surface area (Å²) in [6.45, 7) is 5.27. The van der Waals surface area contributed by atoms with Gasteiger partial charge in [0.15, 0.2) is 0 Å². The van der Waals surface area contributed by atoms with Gasteiger partial charge in [-0.15, -0.1) is 0 Å². The number of rotatable bonds is 3. The molecule has 2 aromatic rings. The molecule has 1 saturated heterocycles. The minimum atomic E-state index is -1.12. The third-order valence-electron chi connectivity index (χ3n) is 5.59. The topological polar surface area (TPSA) is 73.2 Å². The van der Waals surface area contributed by atoms with E-state index in [1.165, 1.54) is 17.0 Å². The van der Waals surface area contributed by atoms with E-state index in [0.717, 1.165) is 11.1 Å². The van der Waals surface area contributed by atoms with Crippen LogP contribution < -0.4 is 5.32 Å². The number of nitrogens with one attached hydrogen (secondary N) is 1. The van der Waals surface area contributed by atoms with Crippen LogP contribution in [-0.2, 0) is 16.0 Å². The summed E-state index contributed by atoms with van der Waals surface area (Å²) in [5.41, 5.74) is 2.28. The van der Waals surface area contributed by atoms with E-state index in [0.29, 0.717) is 16.7 Å². The number of nitrogens with zero attached hydrogens (tertiary/aromatic N) is 2. The average molecular weight is 391 g/mol. The second kappa shape index (κ2) is 7.51. The zero-order valence-electron chi connectivity index (χ0n) is 16.8. The number of piperazine rings is 1. The molecule has 1 fully saturated rings. The lowest BCUT2D eigenvalue weighted by atomic mass is 9.86. The minimum absolute atomic E-state index is 0.167. The Hall–Kier alpha value is -3.46. The van der Waals surface area contributed by atoms with E-state index in [1.54, 1.807) is 45.2 Å². The highest BCUT2D eigenvalue weighted by Gasteiger charge is 2.46. The second-order valence-corrected chi connectivity index (χ2v) is 7.50. The predicted molar refractivity (Wildman–Crippen MR) is 108 cm³/mol. The Balaban J connectivity index is 2.01. The number of amides is 2. The predicted octanol–water partition coefficient (Wildman–Crippen LogP) is 3.33. The van der Waals surface area contributed by atoms with Crippen molar-refractivity contribution < 1.29 is 14.0 Å². The van der Waals surface area contributed by atoms with E-state index in [4.69, 9.17) is 0 Å². The molecule has 1 heterocycles. The molecule has 29 heavy (non-hydrogen) atoms. The van der Waals surface area contributed by atoms with Gasteiger partial charge in [0.1, 0.15) is 17.1 Å². The lowest BCUT2D eigenvalue weighted by Crippen LogP contribution is -2.64. The Morgan fingerprint density at radius 3 is 2.48 bits per heavy atom. The molecule has 0 saturated carbocycles. The lowest BCUT2D eigenvalue weighted by molar-refractivity contribution is -0.147. The molecule has 1 N–H and O–H groups in total. The quantitative estimate of drug-likeness (QED) is 0.816. The van der Waals surface area contributed by atoms with Crippen molar-refractivity contribution in [3.05, 3.63) is 76.2 Å². The van der Waals surface area contributed by atoms with Gasteiger partial charge in [0.2, 0.25) is 0 Å². The molecule has 148 valence electrons. The monoisotopic (exact) mass is 391 g/mol. The van der Waals surface area contributed by atoms with Gasteiger partial charge in [-0.2, -0.15) is 5.26 Å². The number of carbonyl (C=O) groups is 2. The fraction of sp³-hybridized carbons (Fsp3) is 0.261. The summed E-state index contributed by atoms with van der Waals surface area (Å²) < 4.78 is 13.2. The molecule has 0 aromatic heterocycles. The van der Waals surface area contributed by atoms with Crippen LogP contribution in [0.2, 0.25) is 0 Å². The molecular weight excluding hydrogens is 369 g/mol. The molecule has 1 aliphatic rings. The maximum Gasteiger partial charge on any atom is 0.271 e. The van der Waals surface area contributed by atoms with Crippen LogP contribution in [0.25, 0.3) is 5.57 Å². The fourth-order valence-corrected chi connectivity index (χ4v) is 3.68. The molecule has 2 amide bonds. The van der Waals surface area contributed by atoms with E-state index >= 15 is 0 Å². The molecule has 2 aromatic carbocycles. The van der Waals surface area contributed by atoms with Gasteiger partial charge in [-0.1, -0.05) is 24.3 Å². The van der Waals surface area contributed by atoms with Gasteiger partial charge in [-0.3, -0.25) is 9.59 Å². The number of benzene rings is 2. The summed E-state index contributed by atoms with van der Waals surface area (Å²) in [6, 6.07) is 13.3. The first-order valence-corrected chi connectivity index (χ1v) is 9.24. The van der Waals surface area contributed by atoms with Crippen LogP contribution >= 0.6 is 0 Å². The number of carbonyl (C=O) groups excluding carboxylic acids is 2. The van der Waals surface area contributed by atoms with E-state index in [2.05, 4.69) is 11.4 Å². The molecule has 5 nitrogen and oxygen atoms in total. The normalized spacial score (nSPS) is 20.9. The van der Waals surface area contributed by atoms with Crippen LogP contribution in [0.15, 0.2) is 48.2 Å². The Labute approximate surface area is 169 Å². The van der Waals surface area contributed by atoms with Gasteiger partial charge in [0.25, 0.3) is 11.8 Å². The molecule has 1 unspecified atom stereocenters. The first kappa shape index (κ1) is 20.3. The first-order chi connectivity index (χ1) is 13.7. The summed E-state index contributed by atoms with van der Waals surface area (Å²) in [7, 11) is 1.58. The molecule has 0 aliphatic carbocycles. The van der Waals surface area contributed by atoms with Gasteiger partial charge in [-0.05, 0) is 55.7 Å². The van der Waals surface area contributed by atoms with Crippen molar-refractivity contribution in [1.29, 1.82) is 5.26 Å². The molecule has 1 aliphatic heterocycles. The van der Waals surface area contributed by atoms with Crippen molar-refractivity contribution in [2.75, 3.05) is 7.05 Å². The van der Waals surface area contributed by atoms with Crippen molar-refractivity contribution in [2.24, 2.45) is 0 Å². The molecule has 0 bridgehead atoms. The Morgan fingerprint density at radius 2 is 1.86 bits per heavy atom. The third kappa shape index (κ3) is 3.52. The van der Waals surface area contributed by atoms with Gasteiger partial charge in [0.05, 0.1) is 11.6 Å². The first-order valence-electron chi connectivity index (χ1n) is 9.24. The standard InChI is InChI=1S/C23H22FN3O2/c1-14-6-5-7-17(13-25)19(14)15(2)20-21(28)27(4)23(3,22(29)26-20)12-16-8-10-18(24)11-9-16/h5-11H,12H2,1-4H3,(H,26,29). The van der Waals surface area contributed by atoms with Crippen LogP contribution in [0.3, 0.4) is 0 Å². The number of allylic oxidation sites excluding steroid dienone is 1. The maximum absolute atomic E-state index is 13.2. The van der Waals surface area contributed by atoms with Crippen molar-refractivity contribution in [3.63, 3.8) is 0 Å². The van der Waals surface area contributed by atoms with Gasteiger partial charge < -0.3 is 10.2 Å². The number of hydrogen-bond donors (Lipinski definition) is 1. The summed E-state index contributed by atoms with van der Waals surface area (Å²) >= 11 is 0. The van der Waals surface area contributed by atoms with Crippen molar-refractivity contribution >= 4 is 17.4 Å². The number of nitriles is 1. The smallest absolute Gasteiger partial charge is 0.271 e. The van der Waals surface area contributed by atoms with E-state index < -0.39 is 5.54 Å². The molecule has 0 radical (unpaired) electrons. The molecule has 1 atom stereocenters. The van der Waals surface area contributed by atoms with Crippen LogP contribution in [0, 0.1) is 24.1 Å². The third-order valence-corrected chi connectivity index (χ3v) is 5.59. The highest BCUT2D eigenvalue weighted by Crippen LogP contribution is 2.31. The minimum Gasteiger partial charge on any atom is -0.326 e. The maximum atomic E-state index is 13.2. The lowest BCUT2D eigenvalue weighted by Gasteiger charge is -2.42.